The molecule has 0 radical (unpaired) electrons. The summed E-state index contributed by atoms with van der Waals surface area (Å²) in [6.45, 7) is 1.08. The normalized spacial score (nSPS) is 30.7. The van der Waals surface area contributed by atoms with Gasteiger partial charge >= 0.3 is 0 Å². The third-order valence-electron chi connectivity index (χ3n) is 4.69. The van der Waals surface area contributed by atoms with Crippen molar-refractivity contribution in [3.63, 3.8) is 0 Å². The molecule has 0 heterocycles. The Hall–Kier alpha value is -0.0900. The van der Waals surface area contributed by atoms with Crippen molar-refractivity contribution in [2.24, 2.45) is 5.92 Å². The molecular weight excluding hydrogens is 246 g/mol. The lowest BCUT2D eigenvalue weighted by Crippen LogP contribution is -2.39. The first kappa shape index (κ1) is 14.3. The minimum Gasteiger partial charge on any atom is -0.314 e. The van der Waals surface area contributed by atoms with Crippen LogP contribution >= 0.6 is 0 Å². The van der Waals surface area contributed by atoms with E-state index in [0.29, 0.717) is 6.04 Å². The summed E-state index contributed by atoms with van der Waals surface area (Å²) in [6, 6.07) is 0.430. The van der Waals surface area contributed by atoms with Gasteiger partial charge in [-0.3, -0.25) is 0 Å². The van der Waals surface area contributed by atoms with E-state index in [9.17, 15) is 8.42 Å². The molecule has 2 rings (SSSR count). The van der Waals surface area contributed by atoms with E-state index in [4.69, 9.17) is 0 Å². The van der Waals surface area contributed by atoms with Gasteiger partial charge in [-0.2, -0.15) is 0 Å². The summed E-state index contributed by atoms with van der Waals surface area (Å²) in [5.41, 5.74) is 0. The van der Waals surface area contributed by atoms with E-state index in [-0.39, 0.29) is 5.25 Å². The van der Waals surface area contributed by atoms with Gasteiger partial charge in [-0.15, -0.1) is 0 Å². The second-order valence-corrected chi connectivity index (χ2v) is 8.53. The molecule has 4 heteroatoms. The van der Waals surface area contributed by atoms with E-state index in [1.807, 2.05) is 0 Å². The van der Waals surface area contributed by atoms with E-state index < -0.39 is 9.84 Å². The highest BCUT2D eigenvalue weighted by Gasteiger charge is 2.28. The molecule has 0 bridgehead atoms. The van der Waals surface area contributed by atoms with Crippen molar-refractivity contribution in [3.8, 4) is 0 Å². The van der Waals surface area contributed by atoms with E-state index in [2.05, 4.69) is 5.32 Å². The van der Waals surface area contributed by atoms with Crippen molar-refractivity contribution in [2.75, 3.05) is 12.8 Å². The predicted molar refractivity (Wildman–Crippen MR) is 75.5 cm³/mol. The van der Waals surface area contributed by atoms with Crippen LogP contribution in [0.25, 0.3) is 0 Å². The van der Waals surface area contributed by atoms with Gasteiger partial charge in [0, 0.05) is 12.3 Å². The quantitative estimate of drug-likeness (QED) is 0.837. The van der Waals surface area contributed by atoms with E-state index in [0.717, 1.165) is 38.1 Å². The Balaban J connectivity index is 1.69. The lowest BCUT2D eigenvalue weighted by atomic mass is 9.94. The molecular formula is C14H27NO2S. The van der Waals surface area contributed by atoms with Crippen molar-refractivity contribution >= 4 is 9.84 Å². The van der Waals surface area contributed by atoms with Crippen molar-refractivity contribution in [2.45, 2.75) is 69.1 Å². The molecule has 106 valence electrons. The first-order chi connectivity index (χ1) is 8.55. The maximum Gasteiger partial charge on any atom is 0.150 e. The highest BCUT2D eigenvalue weighted by atomic mass is 32.2. The third-order valence-corrected chi connectivity index (χ3v) is 6.33. The van der Waals surface area contributed by atoms with Crippen LogP contribution in [0.2, 0.25) is 0 Å². The van der Waals surface area contributed by atoms with Gasteiger partial charge in [0.05, 0.1) is 5.25 Å². The summed E-state index contributed by atoms with van der Waals surface area (Å²) in [7, 11) is -2.84. The fourth-order valence-corrected chi connectivity index (χ4v) is 4.69. The van der Waals surface area contributed by atoms with Crippen LogP contribution in [-0.2, 0) is 9.84 Å². The summed E-state index contributed by atoms with van der Waals surface area (Å²) >= 11 is 0. The van der Waals surface area contributed by atoms with Crippen LogP contribution in [0.15, 0.2) is 0 Å². The van der Waals surface area contributed by atoms with Gasteiger partial charge in [0.25, 0.3) is 0 Å². The summed E-state index contributed by atoms with van der Waals surface area (Å²) in [4.78, 5) is 0. The molecule has 0 aromatic rings. The molecule has 18 heavy (non-hydrogen) atoms. The molecule has 2 aliphatic carbocycles. The minimum absolute atomic E-state index is 0.102. The zero-order valence-corrected chi connectivity index (χ0v) is 12.3. The monoisotopic (exact) mass is 273 g/mol. The zero-order chi connectivity index (χ0) is 13.0. The van der Waals surface area contributed by atoms with Crippen LogP contribution in [0.5, 0.6) is 0 Å². The van der Waals surface area contributed by atoms with Crippen molar-refractivity contribution in [3.05, 3.63) is 0 Å². The number of sulfone groups is 1. The molecule has 2 aliphatic rings. The number of hydrogen-bond donors (Lipinski definition) is 1. The molecule has 1 N–H and O–H groups in total. The maximum absolute atomic E-state index is 11.6. The van der Waals surface area contributed by atoms with Crippen LogP contribution in [0.1, 0.15) is 57.8 Å². The van der Waals surface area contributed by atoms with Crippen molar-refractivity contribution in [1.82, 2.24) is 5.32 Å². The van der Waals surface area contributed by atoms with Crippen LogP contribution < -0.4 is 5.32 Å². The Morgan fingerprint density at radius 1 is 1.06 bits per heavy atom. The Bertz CT molecular complexity index is 347. The average molecular weight is 273 g/mol. The Morgan fingerprint density at radius 3 is 2.44 bits per heavy atom. The minimum atomic E-state index is -2.84. The maximum atomic E-state index is 11.6. The van der Waals surface area contributed by atoms with Gasteiger partial charge < -0.3 is 5.32 Å². The standard InChI is InChI=1S/C14H27NO2S/c1-18(16,17)14-8-4-7-13(11-14)15-10-9-12-5-2-3-6-12/h12-15H,2-11H2,1H3. The van der Waals surface area contributed by atoms with E-state index >= 15 is 0 Å². The van der Waals surface area contributed by atoms with Crippen molar-refractivity contribution < 1.29 is 8.42 Å². The molecule has 2 atom stereocenters. The Labute approximate surface area is 112 Å². The van der Waals surface area contributed by atoms with E-state index in [1.54, 1.807) is 0 Å². The van der Waals surface area contributed by atoms with E-state index in [1.165, 1.54) is 38.4 Å². The van der Waals surface area contributed by atoms with Crippen LogP contribution in [0, 0.1) is 5.92 Å². The smallest absolute Gasteiger partial charge is 0.150 e. The molecule has 2 unspecified atom stereocenters. The average Bonchev–Trinajstić information content (AvgIpc) is 2.81. The largest absolute Gasteiger partial charge is 0.314 e. The highest BCUT2D eigenvalue weighted by molar-refractivity contribution is 7.91. The van der Waals surface area contributed by atoms with Gasteiger partial charge in [-0.25, -0.2) is 8.42 Å². The molecule has 0 saturated heterocycles. The Kier molecular flexibility index (Phi) is 5.07. The first-order valence-corrected chi connectivity index (χ1v) is 9.43. The molecule has 0 aliphatic heterocycles. The molecule has 2 fully saturated rings. The third kappa shape index (κ3) is 4.23. The molecule has 2 saturated carbocycles. The van der Waals surface area contributed by atoms with Crippen molar-refractivity contribution in [1.29, 1.82) is 0 Å². The predicted octanol–water partition coefficient (Wildman–Crippen LogP) is 2.51. The topological polar surface area (TPSA) is 46.2 Å². The summed E-state index contributed by atoms with van der Waals surface area (Å²) in [5.74, 6) is 0.923. The second-order valence-electron chi connectivity index (χ2n) is 6.21. The summed E-state index contributed by atoms with van der Waals surface area (Å²) < 4.78 is 23.2. The molecule has 0 aromatic heterocycles. The molecule has 3 nitrogen and oxygen atoms in total. The molecule has 0 amide bonds. The SMILES string of the molecule is CS(=O)(=O)C1CCCC(NCCC2CCCC2)C1. The van der Waals surface area contributed by atoms with Gasteiger partial charge in [-0.05, 0) is 38.1 Å². The first-order valence-electron chi connectivity index (χ1n) is 7.48. The summed E-state index contributed by atoms with van der Waals surface area (Å²) in [5, 5.41) is 3.48. The summed E-state index contributed by atoms with van der Waals surface area (Å²) in [6.07, 6.45) is 12.2. The fourth-order valence-electron chi connectivity index (χ4n) is 3.51. The fraction of sp³-hybridized carbons (Fsp3) is 1.00. The van der Waals surface area contributed by atoms with Gasteiger partial charge in [0.1, 0.15) is 9.84 Å². The zero-order valence-electron chi connectivity index (χ0n) is 11.5. The number of rotatable bonds is 5. The van der Waals surface area contributed by atoms with Crippen LogP contribution in [0.4, 0.5) is 0 Å². The lowest BCUT2D eigenvalue weighted by Gasteiger charge is -2.29. The molecule has 0 aromatic carbocycles. The second kappa shape index (κ2) is 6.38. The lowest BCUT2D eigenvalue weighted by molar-refractivity contribution is 0.356. The van der Waals surface area contributed by atoms with Gasteiger partial charge in [0.2, 0.25) is 0 Å². The Morgan fingerprint density at radius 2 is 1.78 bits per heavy atom. The highest BCUT2D eigenvalue weighted by Crippen LogP contribution is 2.28. The number of hydrogen-bond acceptors (Lipinski definition) is 3. The molecule has 0 spiro atoms. The van der Waals surface area contributed by atoms with Gasteiger partial charge in [-0.1, -0.05) is 32.1 Å². The van der Waals surface area contributed by atoms with Crippen LogP contribution in [-0.4, -0.2) is 32.5 Å². The number of nitrogens with one attached hydrogen (secondary N) is 1. The van der Waals surface area contributed by atoms with Gasteiger partial charge in [0.15, 0.2) is 0 Å². The van der Waals surface area contributed by atoms with Crippen LogP contribution in [0.3, 0.4) is 0 Å².